The van der Waals surface area contributed by atoms with Gasteiger partial charge in [-0.05, 0) is 36.4 Å². The highest BCUT2D eigenvalue weighted by Crippen LogP contribution is 2.22. The average Bonchev–Trinajstić information content (AvgIpc) is 3.27. The Morgan fingerprint density at radius 2 is 1.52 bits per heavy atom. The van der Waals surface area contributed by atoms with Gasteiger partial charge in [0, 0.05) is 23.2 Å². The molecule has 0 radical (unpaired) electrons. The fourth-order valence-electron chi connectivity index (χ4n) is 3.08. The number of nitrogens with one attached hydrogen (secondary N) is 1. The smallest absolute Gasteiger partial charge is 0.247 e. The van der Waals surface area contributed by atoms with Gasteiger partial charge in [-0.1, -0.05) is 48.5 Å². The number of benzene rings is 3. The van der Waals surface area contributed by atoms with E-state index in [4.69, 9.17) is 4.42 Å². The average molecular weight is 415 g/mol. The maximum Gasteiger partial charge on any atom is 0.247 e. The van der Waals surface area contributed by atoms with Crippen molar-refractivity contribution in [3.8, 4) is 11.5 Å². The number of para-hydroxylation sites is 1. The Morgan fingerprint density at radius 1 is 0.871 bits per heavy atom. The van der Waals surface area contributed by atoms with Gasteiger partial charge in [-0.2, -0.15) is 0 Å². The minimum atomic E-state index is -1.07. The Balaban J connectivity index is 1.59. The quantitative estimate of drug-likeness (QED) is 0.353. The second-order valence-electron chi connectivity index (χ2n) is 6.85. The molecule has 0 saturated carbocycles. The number of anilines is 1. The Morgan fingerprint density at radius 3 is 2.19 bits per heavy atom. The molecule has 1 amide bonds. The Kier molecular flexibility index (Phi) is 5.93. The van der Waals surface area contributed by atoms with Crippen LogP contribution in [0, 0.1) is 11.7 Å². The van der Waals surface area contributed by atoms with Crippen molar-refractivity contribution in [2.24, 2.45) is 5.92 Å². The third-order valence-electron chi connectivity index (χ3n) is 4.67. The predicted molar refractivity (Wildman–Crippen MR) is 113 cm³/mol. The van der Waals surface area contributed by atoms with E-state index >= 15 is 0 Å². The number of carbonyl (C=O) groups is 2. The highest BCUT2D eigenvalue weighted by molar-refractivity contribution is 6.13. The summed E-state index contributed by atoms with van der Waals surface area (Å²) in [6.07, 6.45) is -0.0689. The maximum absolute atomic E-state index is 13.1. The zero-order chi connectivity index (χ0) is 21.6. The SMILES string of the molecule is O=C(Nc1ccccc1)[C@@H](Cc1nnc(-c2ccc(F)cc2)o1)C(=O)c1ccccc1. The first-order chi connectivity index (χ1) is 15.1. The van der Waals surface area contributed by atoms with Gasteiger partial charge in [-0.25, -0.2) is 4.39 Å². The van der Waals surface area contributed by atoms with Gasteiger partial charge in [0.25, 0.3) is 0 Å². The van der Waals surface area contributed by atoms with Crippen molar-refractivity contribution in [1.82, 2.24) is 10.2 Å². The molecule has 0 aliphatic carbocycles. The van der Waals surface area contributed by atoms with Gasteiger partial charge in [0.1, 0.15) is 11.7 Å². The Bertz CT molecular complexity index is 1180. The molecule has 31 heavy (non-hydrogen) atoms. The Labute approximate surface area is 177 Å². The van der Waals surface area contributed by atoms with Crippen molar-refractivity contribution >= 4 is 17.4 Å². The van der Waals surface area contributed by atoms with Crippen LogP contribution < -0.4 is 5.32 Å². The van der Waals surface area contributed by atoms with Crippen molar-refractivity contribution in [3.05, 3.63) is 102 Å². The molecule has 0 bridgehead atoms. The topological polar surface area (TPSA) is 85.1 Å². The minimum absolute atomic E-state index is 0.0689. The van der Waals surface area contributed by atoms with E-state index in [0.29, 0.717) is 16.8 Å². The largest absolute Gasteiger partial charge is 0.421 e. The van der Waals surface area contributed by atoms with Crippen molar-refractivity contribution in [2.45, 2.75) is 6.42 Å². The molecule has 0 fully saturated rings. The van der Waals surface area contributed by atoms with Crippen molar-refractivity contribution in [1.29, 1.82) is 0 Å². The predicted octanol–water partition coefficient (Wildman–Crippen LogP) is 4.56. The zero-order valence-electron chi connectivity index (χ0n) is 16.4. The second kappa shape index (κ2) is 9.13. The van der Waals surface area contributed by atoms with Gasteiger partial charge >= 0.3 is 0 Å². The molecule has 0 aliphatic rings. The number of hydrogen-bond donors (Lipinski definition) is 1. The van der Waals surface area contributed by atoms with E-state index in [-0.39, 0.29) is 29.8 Å². The van der Waals surface area contributed by atoms with Gasteiger partial charge < -0.3 is 9.73 Å². The molecular weight excluding hydrogens is 397 g/mol. The summed E-state index contributed by atoms with van der Waals surface area (Å²) < 4.78 is 18.8. The lowest BCUT2D eigenvalue weighted by molar-refractivity contribution is -0.118. The number of halogens is 1. The summed E-state index contributed by atoms with van der Waals surface area (Å²) in [6.45, 7) is 0. The van der Waals surface area contributed by atoms with Crippen molar-refractivity contribution in [2.75, 3.05) is 5.32 Å². The monoisotopic (exact) mass is 415 g/mol. The summed E-state index contributed by atoms with van der Waals surface area (Å²) in [4.78, 5) is 26.1. The normalized spacial score (nSPS) is 11.6. The first-order valence-electron chi connectivity index (χ1n) is 9.63. The molecule has 4 rings (SSSR count). The summed E-state index contributed by atoms with van der Waals surface area (Å²) >= 11 is 0. The van der Waals surface area contributed by atoms with Crippen LogP contribution in [0.15, 0.2) is 89.3 Å². The van der Waals surface area contributed by atoms with Crippen LogP contribution >= 0.6 is 0 Å². The lowest BCUT2D eigenvalue weighted by Crippen LogP contribution is -2.31. The highest BCUT2D eigenvalue weighted by Gasteiger charge is 2.30. The van der Waals surface area contributed by atoms with E-state index in [1.807, 2.05) is 6.07 Å². The third kappa shape index (κ3) is 4.90. The summed E-state index contributed by atoms with van der Waals surface area (Å²) in [6, 6.07) is 23.1. The van der Waals surface area contributed by atoms with Crippen molar-refractivity contribution < 1.29 is 18.4 Å². The number of nitrogens with zero attached hydrogens (tertiary/aromatic N) is 2. The number of hydrogen-bond acceptors (Lipinski definition) is 5. The molecule has 4 aromatic rings. The summed E-state index contributed by atoms with van der Waals surface area (Å²) in [5.41, 5.74) is 1.53. The van der Waals surface area contributed by atoms with E-state index in [1.165, 1.54) is 24.3 Å². The van der Waals surface area contributed by atoms with E-state index < -0.39 is 11.8 Å². The van der Waals surface area contributed by atoms with E-state index in [0.717, 1.165) is 0 Å². The standard InChI is InChI=1S/C24H18FN3O3/c25-18-13-11-17(12-14-18)24-28-27-21(31-24)15-20(22(29)16-7-3-1-4-8-16)23(30)26-19-9-5-2-6-10-19/h1-14,20H,15H2,(H,26,30)/t20-/m0/s1. The number of amides is 1. The lowest BCUT2D eigenvalue weighted by Gasteiger charge is -2.14. The lowest BCUT2D eigenvalue weighted by atomic mass is 9.93. The zero-order valence-corrected chi connectivity index (χ0v) is 16.4. The number of aromatic nitrogens is 2. The van der Waals surface area contributed by atoms with Gasteiger partial charge in [0.05, 0.1) is 0 Å². The molecule has 154 valence electrons. The molecule has 0 unspecified atom stereocenters. The van der Waals surface area contributed by atoms with Crippen LogP contribution in [0.1, 0.15) is 16.2 Å². The molecule has 0 aliphatic heterocycles. The molecule has 1 N–H and O–H groups in total. The summed E-state index contributed by atoms with van der Waals surface area (Å²) in [5.74, 6) is -1.95. The van der Waals surface area contributed by atoms with Crippen LogP contribution in [0.25, 0.3) is 11.5 Å². The number of Topliss-reactive ketones (excluding diaryl/α,β-unsaturated/α-hetero) is 1. The second-order valence-corrected chi connectivity index (χ2v) is 6.85. The molecule has 3 aromatic carbocycles. The number of carbonyl (C=O) groups excluding carboxylic acids is 2. The first-order valence-corrected chi connectivity index (χ1v) is 9.63. The van der Waals surface area contributed by atoms with Crippen molar-refractivity contribution in [3.63, 3.8) is 0 Å². The number of ketones is 1. The molecule has 1 heterocycles. The first kappa shape index (κ1) is 20.2. The fraction of sp³-hybridized carbons (Fsp3) is 0.0833. The molecule has 7 heteroatoms. The maximum atomic E-state index is 13.1. The summed E-state index contributed by atoms with van der Waals surface area (Å²) in [5, 5.41) is 10.7. The van der Waals surface area contributed by atoms with Crippen LogP contribution in [0.3, 0.4) is 0 Å². The molecule has 1 atom stereocenters. The molecule has 0 spiro atoms. The third-order valence-corrected chi connectivity index (χ3v) is 4.67. The van der Waals surface area contributed by atoms with E-state index in [2.05, 4.69) is 15.5 Å². The van der Waals surface area contributed by atoms with E-state index in [9.17, 15) is 14.0 Å². The van der Waals surface area contributed by atoms with Crippen LogP contribution in [-0.2, 0) is 11.2 Å². The van der Waals surface area contributed by atoms with Crippen LogP contribution in [0.4, 0.5) is 10.1 Å². The van der Waals surface area contributed by atoms with Gasteiger partial charge in [0.2, 0.25) is 17.7 Å². The highest BCUT2D eigenvalue weighted by atomic mass is 19.1. The van der Waals surface area contributed by atoms with Gasteiger partial charge in [0.15, 0.2) is 5.78 Å². The van der Waals surface area contributed by atoms with Gasteiger partial charge in [-0.15, -0.1) is 10.2 Å². The molecule has 1 aromatic heterocycles. The fourth-order valence-corrected chi connectivity index (χ4v) is 3.08. The summed E-state index contributed by atoms with van der Waals surface area (Å²) in [7, 11) is 0. The number of rotatable bonds is 7. The van der Waals surface area contributed by atoms with E-state index in [1.54, 1.807) is 54.6 Å². The van der Waals surface area contributed by atoms with Gasteiger partial charge in [-0.3, -0.25) is 9.59 Å². The molecule has 6 nitrogen and oxygen atoms in total. The van der Waals surface area contributed by atoms with Crippen LogP contribution in [-0.4, -0.2) is 21.9 Å². The van der Waals surface area contributed by atoms with Crippen LogP contribution in [0.2, 0.25) is 0 Å². The van der Waals surface area contributed by atoms with Crippen LogP contribution in [0.5, 0.6) is 0 Å². The molecule has 0 saturated heterocycles. The minimum Gasteiger partial charge on any atom is -0.421 e. The molecular formula is C24H18FN3O3. The Hall–Kier alpha value is -4.13.